The second-order valence-electron chi connectivity index (χ2n) is 5.49. The van der Waals surface area contributed by atoms with Gasteiger partial charge in [-0.15, -0.1) is 0 Å². The number of nitrogens with zero attached hydrogens (tertiary/aromatic N) is 3. The van der Waals surface area contributed by atoms with E-state index in [0.29, 0.717) is 33.3 Å². The monoisotopic (exact) mass is 333 g/mol. The molecule has 0 bridgehead atoms. The SMILES string of the molecule is NC(=O)/C=C/c1c[nH]c2ncc(-c3cnc4ccc(F)cc4c3)nc12. The van der Waals surface area contributed by atoms with Crippen molar-refractivity contribution in [1.29, 1.82) is 0 Å². The molecule has 0 aliphatic heterocycles. The largest absolute Gasteiger partial charge is 0.366 e. The summed E-state index contributed by atoms with van der Waals surface area (Å²) in [6.45, 7) is 0. The number of H-pyrrole nitrogens is 1. The van der Waals surface area contributed by atoms with Gasteiger partial charge in [0, 0.05) is 35.0 Å². The Morgan fingerprint density at radius 3 is 2.92 bits per heavy atom. The molecule has 0 radical (unpaired) electrons. The van der Waals surface area contributed by atoms with E-state index < -0.39 is 5.91 Å². The van der Waals surface area contributed by atoms with Crippen molar-refractivity contribution in [2.45, 2.75) is 0 Å². The Kier molecular flexibility index (Phi) is 3.46. The van der Waals surface area contributed by atoms with Gasteiger partial charge < -0.3 is 10.7 Å². The minimum atomic E-state index is -0.542. The van der Waals surface area contributed by atoms with Gasteiger partial charge in [-0.2, -0.15) is 0 Å². The van der Waals surface area contributed by atoms with Gasteiger partial charge in [0.1, 0.15) is 11.3 Å². The summed E-state index contributed by atoms with van der Waals surface area (Å²) in [5.41, 5.74) is 9.04. The lowest BCUT2D eigenvalue weighted by atomic mass is 10.1. The summed E-state index contributed by atoms with van der Waals surface area (Å²) in [6.07, 6.45) is 7.82. The van der Waals surface area contributed by atoms with Crippen LogP contribution in [0.15, 0.2) is 48.9 Å². The maximum atomic E-state index is 13.4. The second-order valence-corrected chi connectivity index (χ2v) is 5.49. The summed E-state index contributed by atoms with van der Waals surface area (Å²) in [6, 6.07) is 6.24. The highest BCUT2D eigenvalue weighted by molar-refractivity contribution is 5.94. The summed E-state index contributed by atoms with van der Waals surface area (Å²) >= 11 is 0. The molecule has 0 spiro atoms. The number of rotatable bonds is 3. The number of pyridine rings is 1. The number of fused-ring (bicyclic) bond motifs is 2. The summed E-state index contributed by atoms with van der Waals surface area (Å²) < 4.78 is 13.4. The lowest BCUT2D eigenvalue weighted by Crippen LogP contribution is -2.05. The average Bonchev–Trinajstić information content (AvgIpc) is 3.01. The van der Waals surface area contributed by atoms with Gasteiger partial charge in [-0.25, -0.2) is 14.4 Å². The fourth-order valence-corrected chi connectivity index (χ4v) is 2.59. The van der Waals surface area contributed by atoms with Crippen LogP contribution in [0.5, 0.6) is 0 Å². The molecule has 1 amide bonds. The highest BCUT2D eigenvalue weighted by atomic mass is 19.1. The molecule has 3 aromatic heterocycles. The molecule has 4 rings (SSSR count). The van der Waals surface area contributed by atoms with Gasteiger partial charge in [-0.3, -0.25) is 9.78 Å². The van der Waals surface area contributed by atoms with Crippen molar-refractivity contribution in [2.75, 3.05) is 0 Å². The molecule has 6 nitrogen and oxygen atoms in total. The summed E-state index contributed by atoms with van der Waals surface area (Å²) in [5.74, 6) is -0.864. The zero-order valence-electron chi connectivity index (χ0n) is 12.9. The van der Waals surface area contributed by atoms with E-state index in [1.54, 1.807) is 30.7 Å². The van der Waals surface area contributed by atoms with E-state index in [1.165, 1.54) is 18.2 Å². The number of aromatic amines is 1. The molecule has 0 atom stereocenters. The van der Waals surface area contributed by atoms with Gasteiger partial charge >= 0.3 is 0 Å². The van der Waals surface area contributed by atoms with Gasteiger partial charge in [-0.05, 0) is 30.3 Å². The van der Waals surface area contributed by atoms with Crippen LogP contribution in [0.25, 0.3) is 39.4 Å². The highest BCUT2D eigenvalue weighted by Crippen LogP contribution is 2.24. The van der Waals surface area contributed by atoms with Crippen LogP contribution in [-0.4, -0.2) is 25.8 Å². The average molecular weight is 333 g/mol. The van der Waals surface area contributed by atoms with Crippen LogP contribution < -0.4 is 5.73 Å². The maximum Gasteiger partial charge on any atom is 0.241 e. The number of amides is 1. The minimum absolute atomic E-state index is 0.322. The van der Waals surface area contributed by atoms with E-state index >= 15 is 0 Å². The van der Waals surface area contributed by atoms with E-state index in [2.05, 4.69) is 19.9 Å². The second kappa shape index (κ2) is 5.79. The molecule has 4 aromatic rings. The van der Waals surface area contributed by atoms with E-state index in [1.807, 2.05) is 6.07 Å². The number of aromatic nitrogens is 4. The molecular weight excluding hydrogens is 321 g/mol. The Balaban J connectivity index is 1.83. The van der Waals surface area contributed by atoms with Crippen molar-refractivity contribution in [3.63, 3.8) is 0 Å². The third-order valence-corrected chi connectivity index (χ3v) is 3.78. The lowest BCUT2D eigenvalue weighted by Gasteiger charge is -2.03. The Hall–Kier alpha value is -3.61. The third kappa shape index (κ3) is 2.83. The first-order valence-electron chi connectivity index (χ1n) is 7.47. The van der Waals surface area contributed by atoms with Crippen LogP contribution >= 0.6 is 0 Å². The van der Waals surface area contributed by atoms with Crippen molar-refractivity contribution in [1.82, 2.24) is 19.9 Å². The third-order valence-electron chi connectivity index (χ3n) is 3.78. The number of carbonyl (C=O) groups excluding carboxylic acids is 1. The molecule has 25 heavy (non-hydrogen) atoms. The minimum Gasteiger partial charge on any atom is -0.366 e. The Morgan fingerprint density at radius 1 is 1.20 bits per heavy atom. The first-order chi connectivity index (χ1) is 12.1. The van der Waals surface area contributed by atoms with Crippen LogP contribution in [0.3, 0.4) is 0 Å². The number of benzene rings is 1. The summed E-state index contributed by atoms with van der Waals surface area (Å²) in [4.78, 5) is 27.2. The van der Waals surface area contributed by atoms with Crippen LogP contribution in [0.2, 0.25) is 0 Å². The van der Waals surface area contributed by atoms with Crippen LogP contribution in [-0.2, 0) is 4.79 Å². The topological polar surface area (TPSA) is 97.6 Å². The predicted octanol–water partition coefficient (Wildman–Crippen LogP) is 2.81. The first kappa shape index (κ1) is 14.9. The fraction of sp³-hybridized carbons (Fsp3) is 0. The van der Waals surface area contributed by atoms with Gasteiger partial charge in [0.05, 0.1) is 17.4 Å². The maximum absolute atomic E-state index is 13.4. The van der Waals surface area contributed by atoms with Crippen molar-refractivity contribution < 1.29 is 9.18 Å². The molecule has 0 saturated heterocycles. The quantitative estimate of drug-likeness (QED) is 0.563. The van der Waals surface area contributed by atoms with E-state index in [4.69, 9.17) is 5.73 Å². The standard InChI is InChI=1S/C18H12FN5O/c19-13-2-3-14-11(6-13)5-12(8-21-14)15-9-23-18-17(24-15)10(7-22-18)1-4-16(20)25/h1-9H,(H2,20,25)(H,22,23)/b4-1+. The number of nitrogens with two attached hydrogens (primary N) is 1. The molecule has 7 heteroatoms. The Morgan fingerprint density at radius 2 is 2.08 bits per heavy atom. The fourth-order valence-electron chi connectivity index (χ4n) is 2.59. The molecule has 3 N–H and O–H groups in total. The number of carbonyl (C=O) groups is 1. The molecular formula is C18H12FN5O. The number of hydrogen-bond donors (Lipinski definition) is 2. The molecule has 0 aliphatic rings. The Bertz CT molecular complexity index is 1150. The van der Waals surface area contributed by atoms with E-state index in [0.717, 1.165) is 5.56 Å². The van der Waals surface area contributed by atoms with Crippen LogP contribution in [0.1, 0.15) is 5.56 Å². The van der Waals surface area contributed by atoms with Gasteiger partial charge in [0.25, 0.3) is 0 Å². The zero-order chi connectivity index (χ0) is 17.4. The summed E-state index contributed by atoms with van der Waals surface area (Å²) in [7, 11) is 0. The lowest BCUT2D eigenvalue weighted by molar-refractivity contribution is -0.113. The molecule has 122 valence electrons. The molecule has 0 unspecified atom stereocenters. The molecule has 0 aliphatic carbocycles. The van der Waals surface area contributed by atoms with Crippen LogP contribution in [0.4, 0.5) is 4.39 Å². The normalized spacial score (nSPS) is 11.6. The van der Waals surface area contributed by atoms with Gasteiger partial charge in [0.15, 0.2) is 5.65 Å². The van der Waals surface area contributed by atoms with Crippen molar-refractivity contribution in [2.24, 2.45) is 5.73 Å². The van der Waals surface area contributed by atoms with Crippen LogP contribution in [0, 0.1) is 5.82 Å². The molecule has 3 heterocycles. The molecule has 1 aromatic carbocycles. The van der Waals surface area contributed by atoms with Gasteiger partial charge in [0.2, 0.25) is 5.91 Å². The van der Waals surface area contributed by atoms with E-state index in [9.17, 15) is 9.18 Å². The molecule has 0 saturated carbocycles. The van der Waals surface area contributed by atoms with Crippen molar-refractivity contribution in [3.8, 4) is 11.3 Å². The van der Waals surface area contributed by atoms with E-state index in [-0.39, 0.29) is 5.82 Å². The number of hydrogen-bond acceptors (Lipinski definition) is 4. The smallest absolute Gasteiger partial charge is 0.241 e. The zero-order valence-corrected chi connectivity index (χ0v) is 12.9. The van der Waals surface area contributed by atoms with Crippen molar-refractivity contribution >= 4 is 34.1 Å². The molecule has 0 fully saturated rings. The van der Waals surface area contributed by atoms with Crippen molar-refractivity contribution in [3.05, 3.63) is 60.3 Å². The number of nitrogens with one attached hydrogen (secondary N) is 1. The number of halogens is 1. The predicted molar refractivity (Wildman–Crippen MR) is 92.8 cm³/mol. The Labute approximate surface area is 141 Å². The first-order valence-corrected chi connectivity index (χ1v) is 7.47. The van der Waals surface area contributed by atoms with Gasteiger partial charge in [-0.1, -0.05) is 0 Å². The number of primary amides is 1. The summed E-state index contributed by atoms with van der Waals surface area (Å²) in [5, 5.41) is 0.683. The highest BCUT2D eigenvalue weighted by Gasteiger charge is 2.09.